The van der Waals surface area contributed by atoms with E-state index in [0.717, 1.165) is 29.8 Å². The fourth-order valence-electron chi connectivity index (χ4n) is 4.11. The first-order chi connectivity index (χ1) is 21.4. The molecule has 0 radical (unpaired) electrons. The van der Waals surface area contributed by atoms with Crippen LogP contribution in [0, 0.1) is 0 Å². The Morgan fingerprint density at radius 3 is 2.02 bits per heavy atom. The number of nitrogens with zero attached hydrogens (tertiary/aromatic N) is 1. The van der Waals surface area contributed by atoms with Crippen molar-refractivity contribution < 1.29 is 42.6 Å². The maximum absolute atomic E-state index is 13.2. The summed E-state index contributed by atoms with van der Waals surface area (Å²) in [6.07, 6.45) is -0.699. The van der Waals surface area contributed by atoms with Gasteiger partial charge in [-0.25, -0.2) is 9.78 Å². The van der Waals surface area contributed by atoms with Gasteiger partial charge in [0.1, 0.15) is 11.9 Å². The number of nitrogens with one attached hydrogen (secondary N) is 3. The van der Waals surface area contributed by atoms with E-state index >= 15 is 0 Å². The molecule has 0 aliphatic heterocycles. The molecular weight excluding hydrogens is 593 g/mol. The van der Waals surface area contributed by atoms with Gasteiger partial charge in [0.05, 0.1) is 12.5 Å². The number of carboxylic acid groups (broad SMARTS) is 2. The van der Waals surface area contributed by atoms with E-state index < -0.39 is 30.2 Å². The van der Waals surface area contributed by atoms with E-state index in [0.29, 0.717) is 24.9 Å². The van der Waals surface area contributed by atoms with Gasteiger partial charge in [-0.15, -0.1) is 0 Å². The van der Waals surface area contributed by atoms with Crippen molar-refractivity contribution >= 4 is 29.6 Å². The maximum Gasteiger partial charge on any atom is 0.490 e. The van der Waals surface area contributed by atoms with Crippen LogP contribution in [0.1, 0.15) is 57.1 Å². The van der Waals surface area contributed by atoms with Crippen molar-refractivity contribution in [2.75, 3.05) is 11.9 Å². The Labute approximate surface area is 259 Å². The number of alkyl halides is 3. The molecule has 45 heavy (non-hydrogen) atoms. The zero-order chi connectivity index (χ0) is 33.2. The predicted octanol–water partition coefficient (Wildman–Crippen LogP) is 5.58. The number of anilines is 1. The molecule has 0 fully saturated rings. The predicted molar refractivity (Wildman–Crippen MR) is 162 cm³/mol. The Hall–Kier alpha value is -4.94. The number of carbonyl (C=O) groups is 4. The summed E-state index contributed by atoms with van der Waals surface area (Å²) >= 11 is 0. The van der Waals surface area contributed by atoms with Gasteiger partial charge in [0.25, 0.3) is 0 Å². The first-order valence-electron chi connectivity index (χ1n) is 14.3. The number of unbranched alkanes of at least 4 members (excludes halogenated alkanes) is 1. The highest BCUT2D eigenvalue weighted by atomic mass is 19.4. The van der Waals surface area contributed by atoms with E-state index in [1.807, 2.05) is 79.7 Å². The molecule has 0 saturated carbocycles. The summed E-state index contributed by atoms with van der Waals surface area (Å²) in [5.41, 5.74) is 2.75. The molecule has 0 aliphatic rings. The van der Waals surface area contributed by atoms with Gasteiger partial charge in [0.15, 0.2) is 0 Å². The fourth-order valence-corrected chi connectivity index (χ4v) is 4.11. The Morgan fingerprint density at radius 1 is 0.844 bits per heavy atom. The Morgan fingerprint density at radius 2 is 1.47 bits per heavy atom. The third kappa shape index (κ3) is 13.9. The Bertz CT molecular complexity index is 1360. The van der Waals surface area contributed by atoms with Crippen LogP contribution >= 0.6 is 0 Å². The first kappa shape index (κ1) is 36.3. The monoisotopic (exact) mass is 630 g/mol. The number of rotatable bonds is 15. The van der Waals surface area contributed by atoms with Crippen molar-refractivity contribution in [1.82, 2.24) is 15.6 Å². The summed E-state index contributed by atoms with van der Waals surface area (Å²) in [5.74, 6) is -3.62. The number of halogens is 3. The second-order valence-corrected chi connectivity index (χ2v) is 9.96. The van der Waals surface area contributed by atoms with Gasteiger partial charge in [-0.3, -0.25) is 14.4 Å². The third-order valence-corrected chi connectivity index (χ3v) is 6.41. The number of aromatic nitrogens is 1. The van der Waals surface area contributed by atoms with Gasteiger partial charge in [0, 0.05) is 19.2 Å². The topological polar surface area (TPSA) is 158 Å². The quantitative estimate of drug-likeness (QED) is 0.136. The zero-order valence-electron chi connectivity index (χ0n) is 24.7. The molecule has 1 aromatic heterocycles. The van der Waals surface area contributed by atoms with E-state index in [1.165, 1.54) is 0 Å². The second-order valence-electron chi connectivity index (χ2n) is 9.96. The average molecular weight is 631 g/mol. The zero-order valence-corrected chi connectivity index (χ0v) is 24.7. The standard InChI is InChI=1S/C30H36N4O4.C2HF3O2/c1-2-3-12-25(33-28(35)14-9-20-32-27-13-7-8-19-31-27)30(38)34-26(21-29(36)37)24-17-15-23(16-18-24)22-10-5-4-6-11-22;3-2(4,5)1(6)7/h4-8,10-11,13,15-19,25-26H,2-3,9,12,14,20-21H2,1H3,(H,31,32)(H,33,35)(H,34,38)(H,36,37);(H,6,7)/t25-,26?;/m0./s1. The number of aliphatic carboxylic acids is 2. The van der Waals surface area contributed by atoms with E-state index in [4.69, 9.17) is 9.90 Å². The van der Waals surface area contributed by atoms with Crippen molar-refractivity contribution in [3.8, 4) is 11.1 Å². The highest BCUT2D eigenvalue weighted by Gasteiger charge is 2.38. The lowest BCUT2D eigenvalue weighted by atomic mass is 9.98. The summed E-state index contributed by atoms with van der Waals surface area (Å²) in [4.78, 5) is 50.5. The minimum atomic E-state index is -5.08. The van der Waals surface area contributed by atoms with Crippen LogP contribution in [0.4, 0.5) is 19.0 Å². The molecule has 3 rings (SSSR count). The maximum atomic E-state index is 13.2. The van der Waals surface area contributed by atoms with E-state index in [-0.39, 0.29) is 24.7 Å². The molecule has 13 heteroatoms. The Kier molecular flexibility index (Phi) is 15.0. The van der Waals surface area contributed by atoms with Gasteiger partial charge in [-0.1, -0.05) is 80.4 Å². The summed E-state index contributed by atoms with van der Waals surface area (Å²) in [5, 5.41) is 25.5. The van der Waals surface area contributed by atoms with Crippen LogP contribution in [0.25, 0.3) is 11.1 Å². The second kappa shape index (κ2) is 18.7. The molecule has 2 amide bonds. The van der Waals surface area contributed by atoms with Crippen LogP contribution in [0.3, 0.4) is 0 Å². The van der Waals surface area contributed by atoms with Crippen LogP contribution < -0.4 is 16.0 Å². The minimum Gasteiger partial charge on any atom is -0.481 e. The van der Waals surface area contributed by atoms with Gasteiger partial charge in [-0.2, -0.15) is 13.2 Å². The minimum absolute atomic E-state index is 0.217. The van der Waals surface area contributed by atoms with Gasteiger partial charge in [-0.05, 0) is 41.7 Å². The van der Waals surface area contributed by atoms with Crippen molar-refractivity contribution in [1.29, 1.82) is 0 Å². The first-order valence-corrected chi connectivity index (χ1v) is 14.3. The molecule has 2 atom stereocenters. The van der Waals surface area contributed by atoms with Crippen LogP contribution in [0.2, 0.25) is 0 Å². The number of hydrogen-bond acceptors (Lipinski definition) is 6. The van der Waals surface area contributed by atoms with E-state index in [9.17, 15) is 32.7 Å². The fraction of sp³-hybridized carbons (Fsp3) is 0.344. The van der Waals surface area contributed by atoms with Crippen LogP contribution in [0.5, 0.6) is 0 Å². The van der Waals surface area contributed by atoms with Gasteiger partial charge >= 0.3 is 18.1 Å². The molecule has 2 aromatic carbocycles. The lowest BCUT2D eigenvalue weighted by Gasteiger charge is -2.23. The normalized spacial score (nSPS) is 12.1. The molecular formula is C32H37F3N4O6. The summed E-state index contributed by atoms with van der Waals surface area (Å²) < 4.78 is 31.7. The summed E-state index contributed by atoms with van der Waals surface area (Å²) in [7, 11) is 0. The van der Waals surface area contributed by atoms with Gasteiger partial charge in [0.2, 0.25) is 11.8 Å². The molecule has 0 saturated heterocycles. The van der Waals surface area contributed by atoms with Crippen molar-refractivity contribution in [3.05, 3.63) is 84.6 Å². The largest absolute Gasteiger partial charge is 0.490 e. The van der Waals surface area contributed by atoms with Crippen molar-refractivity contribution in [2.24, 2.45) is 0 Å². The molecule has 0 aliphatic carbocycles. The van der Waals surface area contributed by atoms with Crippen molar-refractivity contribution in [2.45, 2.75) is 63.7 Å². The lowest BCUT2D eigenvalue weighted by molar-refractivity contribution is -0.192. The third-order valence-electron chi connectivity index (χ3n) is 6.41. The highest BCUT2D eigenvalue weighted by Crippen LogP contribution is 2.24. The molecule has 0 bridgehead atoms. The van der Waals surface area contributed by atoms with Gasteiger partial charge < -0.3 is 26.2 Å². The van der Waals surface area contributed by atoms with E-state index in [1.54, 1.807) is 6.20 Å². The van der Waals surface area contributed by atoms with Crippen LogP contribution in [0.15, 0.2) is 79.0 Å². The Balaban J connectivity index is 0.000000900. The number of pyridine rings is 1. The lowest BCUT2D eigenvalue weighted by Crippen LogP contribution is -2.48. The number of amides is 2. The molecule has 10 nitrogen and oxygen atoms in total. The van der Waals surface area contributed by atoms with Crippen LogP contribution in [-0.4, -0.2) is 57.7 Å². The molecule has 1 unspecified atom stereocenters. The molecule has 0 spiro atoms. The number of carbonyl (C=O) groups excluding carboxylic acids is 2. The summed E-state index contributed by atoms with van der Waals surface area (Å²) in [6.45, 7) is 2.59. The number of benzene rings is 2. The highest BCUT2D eigenvalue weighted by molar-refractivity contribution is 5.88. The molecule has 5 N–H and O–H groups in total. The molecule has 1 heterocycles. The van der Waals surface area contributed by atoms with E-state index in [2.05, 4.69) is 20.9 Å². The van der Waals surface area contributed by atoms with Crippen molar-refractivity contribution in [3.63, 3.8) is 0 Å². The SMILES string of the molecule is CCCC[C@H](NC(=O)CCCNc1ccccn1)C(=O)NC(CC(=O)O)c1ccc(-c2ccccc2)cc1.O=C(O)C(F)(F)F. The molecule has 3 aromatic rings. The number of hydrogen-bond donors (Lipinski definition) is 5. The smallest absolute Gasteiger partial charge is 0.481 e. The van der Waals surface area contributed by atoms with Crippen LogP contribution in [-0.2, 0) is 19.2 Å². The average Bonchev–Trinajstić information content (AvgIpc) is 3.01. The molecule has 242 valence electrons. The number of carboxylic acids is 2. The summed E-state index contributed by atoms with van der Waals surface area (Å²) in [6, 6.07) is 21.5.